The number of imidazole rings is 1. The maximum atomic E-state index is 12.2. The molecule has 0 radical (unpaired) electrons. The first-order chi connectivity index (χ1) is 11.7. The molecule has 24 heavy (non-hydrogen) atoms. The van der Waals surface area contributed by atoms with Gasteiger partial charge in [-0.05, 0) is 35.7 Å². The third-order valence-corrected chi connectivity index (χ3v) is 4.18. The highest BCUT2D eigenvalue weighted by Gasteiger charge is 2.09. The van der Waals surface area contributed by atoms with E-state index >= 15 is 0 Å². The van der Waals surface area contributed by atoms with Gasteiger partial charge in [0.25, 0.3) is 0 Å². The van der Waals surface area contributed by atoms with Crippen LogP contribution in [0.2, 0.25) is 0 Å². The summed E-state index contributed by atoms with van der Waals surface area (Å²) in [5.74, 6) is 0.596. The predicted octanol–water partition coefficient (Wildman–Crippen LogP) is 2.66. The second-order valence-electron chi connectivity index (χ2n) is 5.80. The Balaban J connectivity index is 1.64. The second kappa shape index (κ2) is 5.81. The fourth-order valence-corrected chi connectivity index (χ4v) is 2.94. The lowest BCUT2D eigenvalue weighted by Gasteiger charge is -2.08. The molecule has 2 heterocycles. The van der Waals surface area contributed by atoms with Gasteiger partial charge in [-0.2, -0.15) is 0 Å². The Hall–Kier alpha value is -3.15. The number of aromatic amines is 1. The number of nitrogens with one attached hydrogen (secondary N) is 1. The molecule has 0 unspecified atom stereocenters. The molecule has 120 valence electrons. The normalized spacial score (nSPS) is 11.2. The van der Waals surface area contributed by atoms with Crippen molar-refractivity contribution in [2.45, 2.75) is 19.9 Å². The van der Waals surface area contributed by atoms with E-state index in [0.29, 0.717) is 18.9 Å². The number of aryl methyl sites for hydroxylation is 1. The summed E-state index contributed by atoms with van der Waals surface area (Å²) in [6.45, 7) is 2.58. The van der Waals surface area contributed by atoms with Gasteiger partial charge in [0.15, 0.2) is 0 Å². The number of benzene rings is 2. The number of hydrogen-bond acceptors (Lipinski definition) is 4. The predicted molar refractivity (Wildman–Crippen MR) is 89.9 cm³/mol. The van der Waals surface area contributed by atoms with Crippen molar-refractivity contribution in [2.24, 2.45) is 0 Å². The minimum Gasteiger partial charge on any atom is -0.428 e. The number of para-hydroxylation sites is 2. The van der Waals surface area contributed by atoms with Gasteiger partial charge >= 0.3 is 5.69 Å². The molecule has 0 bridgehead atoms. The monoisotopic (exact) mass is 320 g/mol. The van der Waals surface area contributed by atoms with Crippen LogP contribution in [-0.4, -0.2) is 19.7 Å². The van der Waals surface area contributed by atoms with Gasteiger partial charge in [-0.1, -0.05) is 30.3 Å². The van der Waals surface area contributed by atoms with E-state index in [9.17, 15) is 4.79 Å². The van der Waals surface area contributed by atoms with E-state index in [4.69, 9.17) is 4.42 Å². The summed E-state index contributed by atoms with van der Waals surface area (Å²) in [5, 5.41) is 7.61. The molecule has 0 spiro atoms. The minimum absolute atomic E-state index is 0.0937. The van der Waals surface area contributed by atoms with Crippen LogP contribution >= 0.6 is 0 Å². The summed E-state index contributed by atoms with van der Waals surface area (Å²) in [6, 6.07) is 13.9. The molecule has 0 saturated heterocycles. The molecule has 2 aromatic heterocycles. The quantitative estimate of drug-likeness (QED) is 0.627. The molecule has 0 amide bonds. The molecule has 6 heteroatoms. The van der Waals surface area contributed by atoms with E-state index in [1.165, 1.54) is 6.39 Å². The third-order valence-electron chi connectivity index (χ3n) is 4.18. The Morgan fingerprint density at radius 2 is 2.08 bits per heavy atom. The van der Waals surface area contributed by atoms with Crippen LogP contribution in [0.25, 0.3) is 11.0 Å². The lowest BCUT2D eigenvalue weighted by atomic mass is 10.0. The van der Waals surface area contributed by atoms with Crippen LogP contribution in [0.4, 0.5) is 0 Å². The molecule has 2 aromatic carbocycles. The Kier molecular flexibility index (Phi) is 3.49. The van der Waals surface area contributed by atoms with Crippen LogP contribution in [0, 0.1) is 6.92 Å². The fourth-order valence-electron chi connectivity index (χ4n) is 2.94. The lowest BCUT2D eigenvalue weighted by Crippen LogP contribution is -2.17. The zero-order valence-corrected chi connectivity index (χ0v) is 13.2. The molecular formula is C18H16N4O2. The van der Waals surface area contributed by atoms with Crippen molar-refractivity contribution in [1.29, 1.82) is 0 Å². The highest BCUT2D eigenvalue weighted by Crippen LogP contribution is 2.17. The fraction of sp³-hybridized carbons (Fsp3) is 0.167. The van der Waals surface area contributed by atoms with Crippen molar-refractivity contribution >= 4 is 11.0 Å². The summed E-state index contributed by atoms with van der Waals surface area (Å²) in [6.07, 6.45) is 1.95. The summed E-state index contributed by atoms with van der Waals surface area (Å²) in [5.41, 5.74) is 5.02. The zero-order valence-electron chi connectivity index (χ0n) is 13.2. The molecule has 4 aromatic rings. The zero-order chi connectivity index (χ0) is 16.5. The van der Waals surface area contributed by atoms with Gasteiger partial charge in [0, 0.05) is 0 Å². The molecule has 0 aliphatic heterocycles. The van der Waals surface area contributed by atoms with Crippen molar-refractivity contribution in [1.82, 2.24) is 19.7 Å². The highest BCUT2D eigenvalue weighted by molar-refractivity contribution is 5.75. The summed E-state index contributed by atoms with van der Waals surface area (Å²) >= 11 is 0. The van der Waals surface area contributed by atoms with Crippen molar-refractivity contribution < 1.29 is 4.42 Å². The molecule has 4 rings (SSSR count). The molecule has 1 N–H and O–H groups in total. The first kappa shape index (κ1) is 14.4. The average molecular weight is 320 g/mol. The number of hydrogen-bond donors (Lipinski definition) is 1. The number of rotatable bonds is 4. The van der Waals surface area contributed by atoms with Crippen LogP contribution < -0.4 is 5.69 Å². The van der Waals surface area contributed by atoms with Gasteiger partial charge in [-0.15, -0.1) is 10.2 Å². The molecule has 0 saturated carbocycles. The molecule has 0 aliphatic carbocycles. The van der Waals surface area contributed by atoms with Gasteiger partial charge in [-0.25, -0.2) is 4.79 Å². The summed E-state index contributed by atoms with van der Waals surface area (Å²) in [4.78, 5) is 15.1. The maximum absolute atomic E-state index is 12.2. The second-order valence-corrected chi connectivity index (χ2v) is 5.80. The van der Waals surface area contributed by atoms with Gasteiger partial charge in [0.05, 0.1) is 24.0 Å². The number of H-pyrrole nitrogens is 1. The first-order valence-corrected chi connectivity index (χ1v) is 7.72. The van der Waals surface area contributed by atoms with Crippen LogP contribution in [0.5, 0.6) is 0 Å². The minimum atomic E-state index is -0.0937. The van der Waals surface area contributed by atoms with Crippen LogP contribution in [0.3, 0.4) is 0 Å². The molecule has 0 atom stereocenters. The summed E-state index contributed by atoms with van der Waals surface area (Å²) in [7, 11) is 0. The molecule has 0 fully saturated rings. The van der Waals surface area contributed by atoms with Crippen LogP contribution in [-0.2, 0) is 13.0 Å². The van der Waals surface area contributed by atoms with Crippen molar-refractivity contribution in [2.75, 3.05) is 0 Å². The Morgan fingerprint density at radius 1 is 1.21 bits per heavy atom. The van der Waals surface area contributed by atoms with E-state index in [1.54, 1.807) is 4.57 Å². The van der Waals surface area contributed by atoms with E-state index in [0.717, 1.165) is 27.7 Å². The van der Waals surface area contributed by atoms with Crippen LogP contribution in [0.1, 0.15) is 22.6 Å². The van der Waals surface area contributed by atoms with E-state index in [1.807, 2.05) is 37.3 Å². The Labute approximate surface area is 137 Å². The summed E-state index contributed by atoms with van der Waals surface area (Å²) < 4.78 is 6.95. The van der Waals surface area contributed by atoms with E-state index < -0.39 is 0 Å². The highest BCUT2D eigenvalue weighted by atomic mass is 16.4. The van der Waals surface area contributed by atoms with Crippen LogP contribution in [0.15, 0.2) is 58.1 Å². The SMILES string of the molecule is Cc1cc(Cn2c(=O)[nH]c3ccccc32)ccc1Cc1nnco1. The van der Waals surface area contributed by atoms with Gasteiger partial charge < -0.3 is 9.40 Å². The number of aromatic nitrogens is 4. The lowest BCUT2D eigenvalue weighted by molar-refractivity contribution is 0.504. The maximum Gasteiger partial charge on any atom is 0.326 e. The first-order valence-electron chi connectivity index (χ1n) is 7.72. The van der Waals surface area contributed by atoms with Crippen molar-refractivity contribution in [3.63, 3.8) is 0 Å². The molecular weight excluding hydrogens is 304 g/mol. The van der Waals surface area contributed by atoms with E-state index in [2.05, 4.69) is 27.3 Å². The van der Waals surface area contributed by atoms with Crippen molar-refractivity contribution in [3.05, 3.63) is 81.9 Å². The van der Waals surface area contributed by atoms with Gasteiger partial charge in [0.1, 0.15) is 0 Å². The van der Waals surface area contributed by atoms with E-state index in [-0.39, 0.29) is 5.69 Å². The topological polar surface area (TPSA) is 76.7 Å². The number of nitrogens with zero attached hydrogens (tertiary/aromatic N) is 3. The number of fused-ring (bicyclic) bond motifs is 1. The standard InChI is InChI=1S/C18H16N4O2/c1-12-8-13(6-7-14(12)9-17-21-19-11-24-17)10-22-16-5-3-2-4-15(16)20-18(22)23/h2-8,11H,9-10H2,1H3,(H,20,23). The van der Waals surface area contributed by atoms with Gasteiger partial charge in [-0.3, -0.25) is 4.57 Å². The Morgan fingerprint density at radius 3 is 2.88 bits per heavy atom. The third kappa shape index (κ3) is 2.62. The largest absolute Gasteiger partial charge is 0.428 e. The molecule has 6 nitrogen and oxygen atoms in total. The Bertz CT molecular complexity index is 1040. The molecule has 0 aliphatic rings. The van der Waals surface area contributed by atoms with Crippen molar-refractivity contribution in [3.8, 4) is 0 Å². The van der Waals surface area contributed by atoms with Gasteiger partial charge in [0.2, 0.25) is 12.3 Å². The smallest absolute Gasteiger partial charge is 0.326 e. The average Bonchev–Trinajstić information content (AvgIpc) is 3.19.